The summed E-state index contributed by atoms with van der Waals surface area (Å²) in [5, 5.41) is 6.51. The van der Waals surface area contributed by atoms with Gasteiger partial charge in [-0.15, -0.1) is 0 Å². The molecule has 98 valence electrons. The quantitative estimate of drug-likeness (QED) is 0.834. The number of nitrogens with one attached hydrogen (secondary N) is 1. The van der Waals surface area contributed by atoms with Gasteiger partial charge in [0.25, 0.3) is 0 Å². The summed E-state index contributed by atoms with van der Waals surface area (Å²) in [5.41, 5.74) is 7.43. The molecule has 3 N–H and O–H groups in total. The van der Waals surface area contributed by atoms with E-state index in [0.717, 1.165) is 17.8 Å². The van der Waals surface area contributed by atoms with Gasteiger partial charge < -0.3 is 20.5 Å². The van der Waals surface area contributed by atoms with E-state index in [1.807, 2.05) is 29.2 Å². The van der Waals surface area contributed by atoms with E-state index >= 15 is 0 Å². The number of aromatic nitrogens is 1. The van der Waals surface area contributed by atoms with Crippen LogP contribution in [0.25, 0.3) is 11.3 Å². The zero-order valence-corrected chi connectivity index (χ0v) is 10.3. The Labute approximate surface area is 110 Å². The van der Waals surface area contributed by atoms with Gasteiger partial charge in [-0.1, -0.05) is 17.3 Å². The summed E-state index contributed by atoms with van der Waals surface area (Å²) in [4.78, 5) is 13.5. The van der Waals surface area contributed by atoms with Crippen molar-refractivity contribution in [3.63, 3.8) is 0 Å². The number of amides is 1. The first kappa shape index (κ1) is 11.6. The Morgan fingerprint density at radius 2 is 2.21 bits per heavy atom. The summed E-state index contributed by atoms with van der Waals surface area (Å²) in [6, 6.07) is 9.43. The second-order valence-electron chi connectivity index (χ2n) is 4.40. The summed E-state index contributed by atoms with van der Waals surface area (Å²) >= 11 is 0. The predicted octanol–water partition coefficient (Wildman–Crippen LogP) is 0.860. The average Bonchev–Trinajstić information content (AvgIpc) is 2.85. The maximum atomic E-state index is 11.5. The molecule has 3 rings (SSSR count). The maximum Gasteiger partial charge on any atom is 0.239 e. The molecule has 6 nitrogen and oxygen atoms in total. The van der Waals surface area contributed by atoms with Crippen molar-refractivity contribution in [2.45, 2.75) is 0 Å². The van der Waals surface area contributed by atoms with Gasteiger partial charge in [-0.05, 0) is 12.1 Å². The van der Waals surface area contributed by atoms with E-state index < -0.39 is 0 Å². The first-order chi connectivity index (χ1) is 9.24. The number of nitrogen functional groups attached to an aromatic ring is 1. The fourth-order valence-corrected chi connectivity index (χ4v) is 2.22. The molecular weight excluding hydrogens is 244 g/mol. The molecule has 0 atom stereocenters. The number of anilines is 2. The van der Waals surface area contributed by atoms with Crippen LogP contribution in [0, 0.1) is 0 Å². The smallest absolute Gasteiger partial charge is 0.239 e. The van der Waals surface area contributed by atoms with E-state index in [0.29, 0.717) is 24.7 Å². The molecule has 1 fully saturated rings. The van der Waals surface area contributed by atoms with Crippen LogP contribution < -0.4 is 16.0 Å². The molecule has 0 saturated carbocycles. The maximum absolute atomic E-state index is 11.5. The van der Waals surface area contributed by atoms with Crippen molar-refractivity contribution in [1.29, 1.82) is 0 Å². The lowest BCUT2D eigenvalue weighted by molar-refractivity contribution is -0.120. The molecule has 1 aliphatic rings. The Morgan fingerprint density at radius 1 is 1.37 bits per heavy atom. The van der Waals surface area contributed by atoms with E-state index in [1.165, 1.54) is 0 Å². The van der Waals surface area contributed by atoms with Gasteiger partial charge >= 0.3 is 0 Å². The van der Waals surface area contributed by atoms with Crippen LogP contribution in [0.2, 0.25) is 0 Å². The topological polar surface area (TPSA) is 84.4 Å². The van der Waals surface area contributed by atoms with Crippen LogP contribution in [-0.4, -0.2) is 30.7 Å². The Morgan fingerprint density at radius 3 is 2.95 bits per heavy atom. The highest BCUT2D eigenvalue weighted by Crippen LogP contribution is 2.31. The second kappa shape index (κ2) is 4.64. The third-order valence-corrected chi connectivity index (χ3v) is 3.08. The van der Waals surface area contributed by atoms with Crippen molar-refractivity contribution < 1.29 is 9.32 Å². The van der Waals surface area contributed by atoms with Gasteiger partial charge in [-0.3, -0.25) is 4.79 Å². The molecule has 1 aromatic heterocycles. The Balaban J connectivity index is 1.99. The van der Waals surface area contributed by atoms with Gasteiger partial charge in [-0.2, -0.15) is 0 Å². The molecule has 0 aliphatic carbocycles. The standard InChI is InChI=1S/C13H14N4O2/c14-12-7-11(19-16-12)9-3-1-2-4-10(9)17-6-5-15-13(18)8-17/h1-4,7H,5-6,8H2,(H2,14,16)(H,15,18). The van der Waals surface area contributed by atoms with Crippen molar-refractivity contribution >= 4 is 17.4 Å². The molecule has 1 saturated heterocycles. The average molecular weight is 258 g/mol. The van der Waals surface area contributed by atoms with Gasteiger partial charge in [0.1, 0.15) is 0 Å². The summed E-state index contributed by atoms with van der Waals surface area (Å²) < 4.78 is 5.21. The van der Waals surface area contributed by atoms with E-state index in [4.69, 9.17) is 10.3 Å². The van der Waals surface area contributed by atoms with Crippen molar-refractivity contribution in [1.82, 2.24) is 10.5 Å². The normalized spacial score (nSPS) is 15.4. The van der Waals surface area contributed by atoms with Gasteiger partial charge in [0.15, 0.2) is 11.6 Å². The molecule has 19 heavy (non-hydrogen) atoms. The van der Waals surface area contributed by atoms with E-state index in [9.17, 15) is 4.79 Å². The number of carbonyl (C=O) groups excluding carboxylic acids is 1. The molecule has 2 heterocycles. The van der Waals surface area contributed by atoms with Crippen molar-refractivity contribution in [2.24, 2.45) is 0 Å². The Kier molecular flexibility index (Phi) is 2.83. The van der Waals surface area contributed by atoms with Gasteiger partial charge in [0.2, 0.25) is 5.91 Å². The number of carbonyl (C=O) groups is 1. The largest absolute Gasteiger partial charge is 0.381 e. The van der Waals surface area contributed by atoms with E-state index in [-0.39, 0.29) is 5.91 Å². The van der Waals surface area contributed by atoms with Crippen LogP contribution >= 0.6 is 0 Å². The number of rotatable bonds is 2. The monoisotopic (exact) mass is 258 g/mol. The van der Waals surface area contributed by atoms with Crippen molar-refractivity contribution in [3.05, 3.63) is 30.3 Å². The number of benzene rings is 1. The number of hydrogen-bond donors (Lipinski definition) is 2. The zero-order chi connectivity index (χ0) is 13.2. The molecule has 6 heteroatoms. The van der Waals surface area contributed by atoms with Gasteiger partial charge in [0.05, 0.1) is 6.54 Å². The van der Waals surface area contributed by atoms with E-state index in [1.54, 1.807) is 6.07 Å². The van der Waals surface area contributed by atoms with Crippen molar-refractivity contribution in [2.75, 3.05) is 30.3 Å². The number of nitrogens with two attached hydrogens (primary N) is 1. The minimum absolute atomic E-state index is 0.0261. The lowest BCUT2D eigenvalue weighted by Crippen LogP contribution is -2.47. The van der Waals surface area contributed by atoms with Crippen molar-refractivity contribution in [3.8, 4) is 11.3 Å². The minimum Gasteiger partial charge on any atom is -0.381 e. The molecule has 0 radical (unpaired) electrons. The van der Waals surface area contributed by atoms with Crippen LogP contribution in [0.3, 0.4) is 0 Å². The molecule has 1 amide bonds. The van der Waals surface area contributed by atoms with Crippen LogP contribution in [0.4, 0.5) is 11.5 Å². The highest BCUT2D eigenvalue weighted by atomic mass is 16.5. The summed E-state index contributed by atoms with van der Waals surface area (Å²) in [5.74, 6) is 0.985. The predicted molar refractivity (Wildman–Crippen MR) is 71.6 cm³/mol. The molecule has 0 spiro atoms. The number of hydrogen-bond acceptors (Lipinski definition) is 5. The summed E-state index contributed by atoms with van der Waals surface area (Å²) in [7, 11) is 0. The molecule has 0 unspecified atom stereocenters. The fourth-order valence-electron chi connectivity index (χ4n) is 2.22. The zero-order valence-electron chi connectivity index (χ0n) is 10.3. The van der Waals surface area contributed by atoms with E-state index in [2.05, 4.69) is 10.5 Å². The minimum atomic E-state index is 0.0261. The molecule has 1 aliphatic heterocycles. The number of para-hydroxylation sites is 1. The molecular formula is C13H14N4O2. The number of piperazine rings is 1. The van der Waals surface area contributed by atoms with Crippen LogP contribution in [0.15, 0.2) is 34.9 Å². The van der Waals surface area contributed by atoms with Crippen LogP contribution in [0.5, 0.6) is 0 Å². The van der Waals surface area contributed by atoms with Gasteiger partial charge in [-0.25, -0.2) is 0 Å². The molecule has 1 aromatic carbocycles. The second-order valence-corrected chi connectivity index (χ2v) is 4.40. The van der Waals surface area contributed by atoms with Crippen LogP contribution in [-0.2, 0) is 4.79 Å². The lowest BCUT2D eigenvalue weighted by Gasteiger charge is -2.29. The highest BCUT2D eigenvalue weighted by Gasteiger charge is 2.20. The Bertz CT molecular complexity index is 608. The third kappa shape index (κ3) is 2.24. The van der Waals surface area contributed by atoms with Crippen LogP contribution in [0.1, 0.15) is 0 Å². The third-order valence-electron chi connectivity index (χ3n) is 3.08. The number of nitrogens with zero attached hydrogens (tertiary/aromatic N) is 2. The Hall–Kier alpha value is -2.50. The molecule has 2 aromatic rings. The SMILES string of the molecule is Nc1cc(-c2ccccc2N2CCNC(=O)C2)on1. The summed E-state index contributed by atoms with van der Waals surface area (Å²) in [6.45, 7) is 1.76. The lowest BCUT2D eigenvalue weighted by atomic mass is 10.1. The first-order valence-corrected chi connectivity index (χ1v) is 6.07. The summed E-state index contributed by atoms with van der Waals surface area (Å²) in [6.07, 6.45) is 0. The first-order valence-electron chi connectivity index (χ1n) is 6.07. The van der Waals surface area contributed by atoms with Gasteiger partial charge in [0, 0.05) is 30.4 Å². The highest BCUT2D eigenvalue weighted by molar-refractivity contribution is 5.85. The molecule has 0 bridgehead atoms. The fraction of sp³-hybridized carbons (Fsp3) is 0.231.